The highest BCUT2D eigenvalue weighted by Gasteiger charge is 2.45. The van der Waals surface area contributed by atoms with E-state index in [4.69, 9.17) is 18.0 Å². The van der Waals surface area contributed by atoms with Gasteiger partial charge in [-0.3, -0.25) is 0 Å². The van der Waals surface area contributed by atoms with Crippen LogP contribution in [0.1, 0.15) is 24.4 Å². The van der Waals surface area contributed by atoms with Crippen molar-refractivity contribution in [1.29, 1.82) is 0 Å². The minimum atomic E-state index is -3.03. The molecule has 1 fully saturated rings. The molecule has 0 aromatic heterocycles. The van der Waals surface area contributed by atoms with E-state index in [9.17, 15) is 13.2 Å². The van der Waals surface area contributed by atoms with Gasteiger partial charge in [0.25, 0.3) is 5.92 Å². The fourth-order valence-corrected chi connectivity index (χ4v) is 2.07. The summed E-state index contributed by atoms with van der Waals surface area (Å²) in [7, 11) is 0. The van der Waals surface area contributed by atoms with Crippen LogP contribution in [-0.2, 0) is 0 Å². The van der Waals surface area contributed by atoms with Crippen LogP contribution in [0.25, 0.3) is 0 Å². The molecular weight excluding hydrogens is 249 g/mol. The second-order valence-electron chi connectivity index (χ2n) is 4.04. The minimum Gasteiger partial charge on any atom is -0.399 e. The van der Waals surface area contributed by atoms with Crippen molar-refractivity contribution in [2.75, 3.05) is 5.73 Å². The number of nitrogens with one attached hydrogen (secondary N) is 1. The predicted molar refractivity (Wildman–Crippen MR) is 63.5 cm³/mol. The predicted octanol–water partition coefficient (Wildman–Crippen LogP) is 2.80. The fourth-order valence-electron chi connectivity index (χ4n) is 1.85. The molecule has 0 aliphatic carbocycles. The van der Waals surface area contributed by atoms with Gasteiger partial charge in [0.1, 0.15) is 11.9 Å². The van der Waals surface area contributed by atoms with E-state index in [-0.39, 0.29) is 24.1 Å². The summed E-state index contributed by atoms with van der Waals surface area (Å²) < 4.78 is 41.0. The summed E-state index contributed by atoms with van der Waals surface area (Å²) >= 11 is 4.86. The zero-order valence-corrected chi connectivity index (χ0v) is 9.66. The lowest BCUT2D eigenvalue weighted by molar-refractivity contribution is -0.0465. The largest absolute Gasteiger partial charge is 0.399 e. The molecule has 1 saturated heterocycles. The maximum atomic E-state index is 13.7. The van der Waals surface area contributed by atoms with Crippen LogP contribution in [0.2, 0.25) is 0 Å². The molecule has 1 aliphatic rings. The Morgan fingerprint density at radius 3 is 2.82 bits per heavy atom. The van der Waals surface area contributed by atoms with Gasteiger partial charge in [-0.2, -0.15) is 0 Å². The monoisotopic (exact) mass is 260 g/mol. The number of rotatable bonds is 1. The van der Waals surface area contributed by atoms with Gasteiger partial charge < -0.3 is 11.1 Å². The molecular formula is C11H11F3N2S. The first-order chi connectivity index (χ1) is 7.90. The Bertz CT molecular complexity index is 462. The van der Waals surface area contributed by atoms with Crippen molar-refractivity contribution in [2.24, 2.45) is 0 Å². The summed E-state index contributed by atoms with van der Waals surface area (Å²) in [6, 6.07) is 2.19. The van der Waals surface area contributed by atoms with Crippen LogP contribution in [-0.4, -0.2) is 10.9 Å². The molecule has 0 saturated carbocycles. The molecule has 3 N–H and O–H groups in total. The number of anilines is 1. The lowest BCUT2D eigenvalue weighted by Crippen LogP contribution is -2.45. The Hall–Kier alpha value is -1.30. The van der Waals surface area contributed by atoms with Crippen LogP contribution < -0.4 is 11.1 Å². The van der Waals surface area contributed by atoms with Crippen LogP contribution in [0, 0.1) is 5.82 Å². The first-order valence-electron chi connectivity index (χ1n) is 5.12. The maximum absolute atomic E-state index is 13.7. The molecule has 6 heteroatoms. The van der Waals surface area contributed by atoms with Crippen LogP contribution in [0.4, 0.5) is 18.9 Å². The maximum Gasteiger partial charge on any atom is 0.272 e. The van der Waals surface area contributed by atoms with Crippen molar-refractivity contribution in [3.63, 3.8) is 0 Å². The number of benzene rings is 1. The smallest absolute Gasteiger partial charge is 0.272 e. The van der Waals surface area contributed by atoms with Gasteiger partial charge in [0.15, 0.2) is 0 Å². The first kappa shape index (κ1) is 12.2. The molecule has 0 radical (unpaired) electrons. The second kappa shape index (κ2) is 4.18. The third kappa shape index (κ3) is 2.36. The number of alkyl halides is 2. The molecule has 1 aliphatic heterocycles. The highest BCUT2D eigenvalue weighted by Crippen LogP contribution is 2.39. The van der Waals surface area contributed by atoms with E-state index in [1.807, 2.05) is 0 Å². The third-order valence-electron chi connectivity index (χ3n) is 2.74. The third-order valence-corrected chi connectivity index (χ3v) is 3.07. The van der Waals surface area contributed by atoms with E-state index >= 15 is 0 Å². The Labute approximate surface area is 102 Å². The Morgan fingerprint density at radius 1 is 1.41 bits per heavy atom. The molecule has 1 atom stereocenters. The van der Waals surface area contributed by atoms with Crippen molar-refractivity contribution in [3.05, 3.63) is 29.6 Å². The van der Waals surface area contributed by atoms with E-state index < -0.39 is 17.8 Å². The highest BCUT2D eigenvalue weighted by molar-refractivity contribution is 7.80. The summed E-state index contributed by atoms with van der Waals surface area (Å²) in [6.45, 7) is 0. The molecule has 0 amide bonds. The fraction of sp³-hybridized carbons (Fsp3) is 0.364. The van der Waals surface area contributed by atoms with E-state index in [1.54, 1.807) is 0 Å². The number of halogens is 3. The summed E-state index contributed by atoms with van der Waals surface area (Å²) in [5.74, 6) is -3.74. The van der Waals surface area contributed by atoms with E-state index in [1.165, 1.54) is 12.1 Å². The number of thiocarbonyl (C=S) groups is 1. The summed E-state index contributed by atoms with van der Waals surface area (Å²) in [4.78, 5) is 0.322. The van der Waals surface area contributed by atoms with Crippen LogP contribution in [0.15, 0.2) is 18.2 Å². The molecule has 2 nitrogen and oxygen atoms in total. The topological polar surface area (TPSA) is 38.0 Å². The van der Waals surface area contributed by atoms with E-state index in [2.05, 4.69) is 5.32 Å². The van der Waals surface area contributed by atoms with Crippen LogP contribution in [0.3, 0.4) is 0 Å². The van der Waals surface area contributed by atoms with Gasteiger partial charge >= 0.3 is 0 Å². The van der Waals surface area contributed by atoms with Crippen molar-refractivity contribution < 1.29 is 13.2 Å². The molecule has 1 aromatic carbocycles. The SMILES string of the molecule is Nc1ccc(F)c(C2NC(=S)CCC2(F)F)c1. The number of nitrogen functional groups attached to an aromatic ring is 1. The molecule has 0 bridgehead atoms. The van der Waals surface area contributed by atoms with Gasteiger partial charge in [-0.1, -0.05) is 12.2 Å². The van der Waals surface area contributed by atoms with Gasteiger partial charge in [-0.25, -0.2) is 13.2 Å². The zero-order chi connectivity index (χ0) is 12.6. The zero-order valence-electron chi connectivity index (χ0n) is 8.84. The molecule has 0 spiro atoms. The summed E-state index contributed by atoms with van der Waals surface area (Å²) in [5.41, 5.74) is 5.59. The summed E-state index contributed by atoms with van der Waals surface area (Å²) in [6.07, 6.45) is -0.263. The van der Waals surface area contributed by atoms with Crippen LogP contribution >= 0.6 is 12.2 Å². The normalized spacial score (nSPS) is 23.2. The number of nitrogens with two attached hydrogens (primary N) is 1. The second-order valence-corrected chi connectivity index (χ2v) is 4.54. The quantitative estimate of drug-likeness (QED) is 0.602. The molecule has 1 unspecified atom stereocenters. The lowest BCUT2D eigenvalue weighted by Gasteiger charge is -2.33. The average Bonchev–Trinajstić information content (AvgIpc) is 2.26. The number of hydrogen-bond donors (Lipinski definition) is 2. The minimum absolute atomic E-state index is 0.114. The van der Waals surface area contributed by atoms with Crippen molar-refractivity contribution in [2.45, 2.75) is 24.8 Å². The Balaban J connectivity index is 2.42. The molecule has 1 aromatic rings. The standard InChI is InChI=1S/C11H11F3N2S/c12-8-2-1-6(15)5-7(8)10-11(13,14)4-3-9(17)16-10/h1-2,5,10H,3-4,15H2,(H,16,17). The molecule has 92 valence electrons. The van der Waals surface area contributed by atoms with Gasteiger partial charge in [0.05, 0.1) is 4.99 Å². The van der Waals surface area contributed by atoms with Crippen molar-refractivity contribution in [1.82, 2.24) is 5.32 Å². The molecule has 17 heavy (non-hydrogen) atoms. The average molecular weight is 260 g/mol. The molecule has 2 rings (SSSR count). The van der Waals surface area contributed by atoms with Gasteiger partial charge in [-0.05, 0) is 18.2 Å². The Kier molecular flexibility index (Phi) is 2.99. The van der Waals surface area contributed by atoms with Crippen LogP contribution in [0.5, 0.6) is 0 Å². The van der Waals surface area contributed by atoms with Gasteiger partial charge in [-0.15, -0.1) is 0 Å². The lowest BCUT2D eigenvalue weighted by atomic mass is 9.93. The van der Waals surface area contributed by atoms with E-state index in [0.29, 0.717) is 4.99 Å². The Morgan fingerprint density at radius 2 is 2.12 bits per heavy atom. The first-order valence-corrected chi connectivity index (χ1v) is 5.53. The van der Waals surface area contributed by atoms with E-state index in [0.717, 1.165) is 6.07 Å². The summed E-state index contributed by atoms with van der Waals surface area (Å²) in [5, 5.41) is 2.48. The number of piperidine rings is 1. The van der Waals surface area contributed by atoms with Crippen molar-refractivity contribution in [3.8, 4) is 0 Å². The highest BCUT2D eigenvalue weighted by atomic mass is 32.1. The van der Waals surface area contributed by atoms with Gasteiger partial charge in [0, 0.05) is 24.1 Å². The number of hydrogen-bond acceptors (Lipinski definition) is 2. The van der Waals surface area contributed by atoms with Gasteiger partial charge in [0.2, 0.25) is 0 Å². The molecule has 1 heterocycles. The van der Waals surface area contributed by atoms with Crippen molar-refractivity contribution >= 4 is 22.9 Å².